The van der Waals surface area contributed by atoms with Crippen LogP contribution in [0.5, 0.6) is 0 Å². The fourth-order valence-corrected chi connectivity index (χ4v) is 3.23. The molecule has 3 unspecified atom stereocenters. The lowest BCUT2D eigenvalue weighted by atomic mass is 9.75. The molecule has 2 aliphatic rings. The van der Waals surface area contributed by atoms with Crippen molar-refractivity contribution >= 4 is 0 Å². The Bertz CT molecular complexity index is 187. The van der Waals surface area contributed by atoms with Gasteiger partial charge in [0, 0.05) is 13.2 Å². The quantitative estimate of drug-likeness (QED) is 0.762. The van der Waals surface area contributed by atoms with Gasteiger partial charge in [-0.25, -0.2) is 0 Å². The van der Waals surface area contributed by atoms with Crippen LogP contribution in [-0.4, -0.2) is 24.4 Å². The first-order valence-corrected chi connectivity index (χ1v) is 6.53. The van der Waals surface area contributed by atoms with Crippen molar-refractivity contribution in [1.29, 1.82) is 0 Å². The molecule has 0 aromatic carbocycles. The molecule has 0 aromatic rings. The first kappa shape index (κ1) is 11.4. The Labute approximate surface area is 93.0 Å². The number of hydrogen-bond donors (Lipinski definition) is 1. The fourth-order valence-electron chi connectivity index (χ4n) is 3.23. The molecule has 15 heavy (non-hydrogen) atoms. The zero-order chi connectivity index (χ0) is 10.7. The molecular formula is C13H24O2. The summed E-state index contributed by atoms with van der Waals surface area (Å²) in [5.74, 6) is 1.89. The first-order chi connectivity index (χ1) is 7.27. The molecular weight excluding hydrogens is 188 g/mol. The molecule has 1 heterocycles. The fraction of sp³-hybridized carbons (Fsp3) is 1.00. The van der Waals surface area contributed by atoms with Gasteiger partial charge in [0.1, 0.15) is 0 Å². The van der Waals surface area contributed by atoms with E-state index in [9.17, 15) is 5.11 Å². The van der Waals surface area contributed by atoms with Gasteiger partial charge in [-0.1, -0.05) is 19.8 Å². The molecule has 2 fully saturated rings. The Morgan fingerprint density at radius 1 is 1.07 bits per heavy atom. The van der Waals surface area contributed by atoms with E-state index in [2.05, 4.69) is 6.92 Å². The van der Waals surface area contributed by atoms with Crippen LogP contribution in [0.1, 0.15) is 45.4 Å². The van der Waals surface area contributed by atoms with E-state index in [4.69, 9.17) is 4.74 Å². The van der Waals surface area contributed by atoms with E-state index in [0.717, 1.165) is 32.0 Å². The summed E-state index contributed by atoms with van der Waals surface area (Å²) < 4.78 is 5.35. The van der Waals surface area contributed by atoms with Crippen LogP contribution < -0.4 is 0 Å². The standard InChI is InChI=1S/C13H24O2/c1-10-3-2-4-12(9-10)13(14)11-5-7-15-8-6-11/h10-14H,2-9H2,1H3. The highest BCUT2D eigenvalue weighted by molar-refractivity contribution is 4.82. The van der Waals surface area contributed by atoms with Crippen molar-refractivity contribution in [2.75, 3.05) is 13.2 Å². The highest BCUT2D eigenvalue weighted by Gasteiger charge is 2.31. The first-order valence-electron chi connectivity index (χ1n) is 6.53. The summed E-state index contributed by atoms with van der Waals surface area (Å²) in [6.45, 7) is 4.02. The molecule has 0 radical (unpaired) electrons. The van der Waals surface area contributed by atoms with Crippen molar-refractivity contribution < 1.29 is 9.84 Å². The van der Waals surface area contributed by atoms with Crippen LogP contribution in [0.25, 0.3) is 0 Å². The lowest BCUT2D eigenvalue weighted by Gasteiger charge is -2.36. The number of rotatable bonds is 2. The molecule has 3 atom stereocenters. The summed E-state index contributed by atoms with van der Waals surface area (Å²) in [6.07, 6.45) is 7.21. The molecule has 2 rings (SSSR count). The van der Waals surface area contributed by atoms with Gasteiger partial charge in [-0.2, -0.15) is 0 Å². The van der Waals surface area contributed by atoms with Crippen molar-refractivity contribution in [3.8, 4) is 0 Å². The second kappa shape index (κ2) is 5.31. The largest absolute Gasteiger partial charge is 0.393 e. The normalized spacial score (nSPS) is 36.4. The van der Waals surface area contributed by atoms with Crippen LogP contribution in [-0.2, 0) is 4.74 Å². The zero-order valence-corrected chi connectivity index (χ0v) is 9.82. The Morgan fingerprint density at radius 2 is 1.80 bits per heavy atom. The maximum absolute atomic E-state index is 10.4. The molecule has 0 bridgehead atoms. The molecule has 0 spiro atoms. The van der Waals surface area contributed by atoms with E-state index < -0.39 is 0 Å². The maximum atomic E-state index is 10.4. The summed E-state index contributed by atoms with van der Waals surface area (Å²) in [5.41, 5.74) is 0. The summed E-state index contributed by atoms with van der Waals surface area (Å²) in [5, 5.41) is 10.4. The number of hydrogen-bond acceptors (Lipinski definition) is 2. The minimum Gasteiger partial charge on any atom is -0.393 e. The monoisotopic (exact) mass is 212 g/mol. The van der Waals surface area contributed by atoms with E-state index in [-0.39, 0.29) is 6.10 Å². The number of aliphatic hydroxyl groups excluding tert-OH is 1. The van der Waals surface area contributed by atoms with Crippen molar-refractivity contribution in [3.05, 3.63) is 0 Å². The third-order valence-corrected chi connectivity index (χ3v) is 4.21. The van der Waals surface area contributed by atoms with Crippen LogP contribution in [0.3, 0.4) is 0 Å². The van der Waals surface area contributed by atoms with Gasteiger partial charge >= 0.3 is 0 Å². The predicted molar refractivity (Wildman–Crippen MR) is 60.7 cm³/mol. The summed E-state index contributed by atoms with van der Waals surface area (Å²) in [6, 6.07) is 0. The second-order valence-corrected chi connectivity index (χ2v) is 5.47. The van der Waals surface area contributed by atoms with E-state index in [1.54, 1.807) is 0 Å². The highest BCUT2D eigenvalue weighted by atomic mass is 16.5. The Morgan fingerprint density at radius 3 is 2.47 bits per heavy atom. The van der Waals surface area contributed by atoms with Gasteiger partial charge in [0.25, 0.3) is 0 Å². The predicted octanol–water partition coefficient (Wildman–Crippen LogP) is 2.60. The second-order valence-electron chi connectivity index (χ2n) is 5.47. The van der Waals surface area contributed by atoms with Crippen LogP contribution in [0.15, 0.2) is 0 Å². The molecule has 1 aliphatic heterocycles. The third kappa shape index (κ3) is 2.94. The Balaban J connectivity index is 1.85. The molecule has 1 N–H and O–H groups in total. The SMILES string of the molecule is CC1CCCC(C(O)C2CCOCC2)C1. The van der Waals surface area contributed by atoms with E-state index >= 15 is 0 Å². The Hall–Kier alpha value is -0.0800. The molecule has 88 valence electrons. The van der Waals surface area contributed by atoms with Gasteiger partial charge in [-0.05, 0) is 43.4 Å². The molecule has 2 heteroatoms. The van der Waals surface area contributed by atoms with Crippen LogP contribution >= 0.6 is 0 Å². The van der Waals surface area contributed by atoms with Gasteiger partial charge in [-0.3, -0.25) is 0 Å². The molecule has 2 nitrogen and oxygen atoms in total. The van der Waals surface area contributed by atoms with E-state index in [1.807, 2.05) is 0 Å². The minimum atomic E-state index is -0.0587. The van der Waals surface area contributed by atoms with Gasteiger partial charge in [0.05, 0.1) is 6.10 Å². The highest BCUT2D eigenvalue weighted by Crippen LogP contribution is 2.35. The van der Waals surface area contributed by atoms with Crippen LogP contribution in [0, 0.1) is 17.8 Å². The third-order valence-electron chi connectivity index (χ3n) is 4.21. The topological polar surface area (TPSA) is 29.5 Å². The average Bonchev–Trinajstić information content (AvgIpc) is 2.29. The average molecular weight is 212 g/mol. The number of ether oxygens (including phenoxy) is 1. The van der Waals surface area contributed by atoms with E-state index in [1.165, 1.54) is 25.7 Å². The lowest BCUT2D eigenvalue weighted by molar-refractivity contribution is -0.0292. The molecule has 0 amide bonds. The Kier molecular flexibility index (Phi) is 4.04. The minimum absolute atomic E-state index is 0.0587. The van der Waals surface area contributed by atoms with Gasteiger partial charge in [0.15, 0.2) is 0 Å². The smallest absolute Gasteiger partial charge is 0.0598 e. The van der Waals surface area contributed by atoms with Crippen molar-refractivity contribution in [2.45, 2.75) is 51.6 Å². The lowest BCUT2D eigenvalue weighted by Crippen LogP contribution is -2.35. The molecule has 1 saturated carbocycles. The number of aliphatic hydroxyl groups is 1. The molecule has 1 saturated heterocycles. The van der Waals surface area contributed by atoms with Crippen molar-refractivity contribution in [2.24, 2.45) is 17.8 Å². The summed E-state index contributed by atoms with van der Waals surface area (Å²) in [7, 11) is 0. The van der Waals surface area contributed by atoms with Crippen molar-refractivity contribution in [3.63, 3.8) is 0 Å². The van der Waals surface area contributed by atoms with Gasteiger partial charge < -0.3 is 9.84 Å². The molecule has 1 aliphatic carbocycles. The van der Waals surface area contributed by atoms with Crippen LogP contribution in [0.4, 0.5) is 0 Å². The zero-order valence-electron chi connectivity index (χ0n) is 9.82. The van der Waals surface area contributed by atoms with Crippen LogP contribution in [0.2, 0.25) is 0 Å². The van der Waals surface area contributed by atoms with E-state index in [0.29, 0.717) is 11.8 Å². The van der Waals surface area contributed by atoms with Crippen molar-refractivity contribution in [1.82, 2.24) is 0 Å². The van der Waals surface area contributed by atoms with Gasteiger partial charge in [0.2, 0.25) is 0 Å². The van der Waals surface area contributed by atoms with Gasteiger partial charge in [-0.15, -0.1) is 0 Å². The maximum Gasteiger partial charge on any atom is 0.0598 e. The molecule has 0 aromatic heterocycles. The summed E-state index contributed by atoms with van der Waals surface area (Å²) >= 11 is 0. The summed E-state index contributed by atoms with van der Waals surface area (Å²) in [4.78, 5) is 0.